The second kappa shape index (κ2) is 9.40. The lowest BCUT2D eigenvalue weighted by molar-refractivity contribution is -0.0141. The summed E-state index contributed by atoms with van der Waals surface area (Å²) in [6.45, 7) is 10.7. The summed E-state index contributed by atoms with van der Waals surface area (Å²) < 4.78 is 11.3. The van der Waals surface area contributed by atoms with Gasteiger partial charge in [0.25, 0.3) is 0 Å². The van der Waals surface area contributed by atoms with Gasteiger partial charge in [0.15, 0.2) is 0 Å². The summed E-state index contributed by atoms with van der Waals surface area (Å²) in [5.74, 6) is 0.873. The number of hydrogen-bond acceptors (Lipinski definition) is 4. The summed E-state index contributed by atoms with van der Waals surface area (Å²) in [7, 11) is 0. The molecule has 4 heteroatoms. The first-order valence-corrected chi connectivity index (χ1v) is 9.19. The summed E-state index contributed by atoms with van der Waals surface area (Å²) in [4.78, 5) is 2.41. The Morgan fingerprint density at radius 3 is 2.50 bits per heavy atom. The van der Waals surface area contributed by atoms with E-state index in [-0.39, 0.29) is 0 Å². The molecule has 136 valence electrons. The summed E-state index contributed by atoms with van der Waals surface area (Å²) in [5.41, 5.74) is 2.50. The van der Waals surface area contributed by atoms with Crippen LogP contribution in [0.5, 0.6) is 5.75 Å². The number of aliphatic hydroxyl groups excluding tert-OH is 1. The molecule has 0 amide bonds. The molecule has 2 rings (SSSR count). The average molecular weight is 335 g/mol. The molecule has 0 saturated carbocycles. The van der Waals surface area contributed by atoms with Crippen molar-refractivity contribution in [3.63, 3.8) is 0 Å². The van der Waals surface area contributed by atoms with Crippen molar-refractivity contribution in [2.24, 2.45) is 0 Å². The maximum absolute atomic E-state index is 10.2. The minimum Gasteiger partial charge on any atom is -0.491 e. The van der Waals surface area contributed by atoms with Crippen molar-refractivity contribution >= 4 is 0 Å². The Morgan fingerprint density at radius 2 is 1.83 bits per heavy atom. The molecule has 1 aromatic rings. The highest BCUT2D eigenvalue weighted by molar-refractivity contribution is 5.33. The Morgan fingerprint density at radius 1 is 1.12 bits per heavy atom. The molecule has 1 saturated heterocycles. The molecule has 0 radical (unpaired) electrons. The lowest BCUT2D eigenvalue weighted by Crippen LogP contribution is -2.48. The van der Waals surface area contributed by atoms with Crippen molar-refractivity contribution in [1.82, 2.24) is 4.90 Å². The molecule has 0 aromatic heterocycles. The van der Waals surface area contributed by atoms with E-state index in [1.165, 1.54) is 30.4 Å². The van der Waals surface area contributed by atoms with Gasteiger partial charge in [0.1, 0.15) is 12.4 Å². The van der Waals surface area contributed by atoms with Crippen LogP contribution in [-0.4, -0.2) is 54.6 Å². The van der Waals surface area contributed by atoms with Crippen LogP contribution in [0.3, 0.4) is 0 Å². The normalized spacial score (nSPS) is 23.2. The predicted octanol–water partition coefficient (Wildman–Crippen LogP) is 3.32. The number of piperidine rings is 1. The standard InChI is InChI=1S/C20H33NO3/c1-15-8-9-20(12-16(15)2)24-11-10-23-14-19(22)13-21-17(3)6-5-7-18(21)4/h8-9,12,17-19,22H,5-7,10-11,13-14H2,1-4H3/t17-,18+,19-/m1/s1. The monoisotopic (exact) mass is 335 g/mol. The molecule has 1 heterocycles. The number of nitrogens with zero attached hydrogens (tertiary/aromatic N) is 1. The molecule has 0 aliphatic carbocycles. The fourth-order valence-electron chi connectivity index (χ4n) is 3.37. The van der Waals surface area contributed by atoms with Gasteiger partial charge in [-0.25, -0.2) is 0 Å². The van der Waals surface area contributed by atoms with E-state index in [1.807, 2.05) is 12.1 Å². The molecular formula is C20H33NO3. The number of likely N-dealkylation sites (tertiary alicyclic amines) is 1. The highest BCUT2D eigenvalue weighted by Gasteiger charge is 2.26. The van der Waals surface area contributed by atoms with E-state index in [4.69, 9.17) is 9.47 Å². The number of hydrogen-bond donors (Lipinski definition) is 1. The Labute approximate surface area is 146 Å². The molecule has 1 fully saturated rings. The van der Waals surface area contributed by atoms with E-state index in [0.29, 0.717) is 38.4 Å². The van der Waals surface area contributed by atoms with Crippen molar-refractivity contribution in [2.75, 3.05) is 26.4 Å². The van der Waals surface area contributed by atoms with Crippen LogP contribution in [0, 0.1) is 13.8 Å². The summed E-state index contributed by atoms with van der Waals surface area (Å²) in [5, 5.41) is 10.2. The van der Waals surface area contributed by atoms with Crippen LogP contribution in [0.4, 0.5) is 0 Å². The summed E-state index contributed by atoms with van der Waals surface area (Å²) in [6.07, 6.45) is 3.31. The first kappa shape index (κ1) is 19.2. The van der Waals surface area contributed by atoms with Crippen molar-refractivity contribution in [1.29, 1.82) is 0 Å². The lowest BCUT2D eigenvalue weighted by atomic mass is 9.97. The second-order valence-corrected chi connectivity index (χ2v) is 7.15. The van der Waals surface area contributed by atoms with E-state index < -0.39 is 6.10 Å². The van der Waals surface area contributed by atoms with Gasteiger partial charge >= 0.3 is 0 Å². The molecule has 1 aromatic carbocycles. The Hall–Kier alpha value is -1.10. The Bertz CT molecular complexity index is 496. The summed E-state index contributed by atoms with van der Waals surface area (Å²) >= 11 is 0. The van der Waals surface area contributed by atoms with Gasteiger partial charge in [0.2, 0.25) is 0 Å². The lowest BCUT2D eigenvalue weighted by Gasteiger charge is -2.40. The third-order valence-electron chi connectivity index (χ3n) is 5.08. The maximum atomic E-state index is 10.2. The van der Waals surface area contributed by atoms with Gasteiger partial charge in [-0.15, -0.1) is 0 Å². The Kier molecular flexibility index (Phi) is 7.53. The van der Waals surface area contributed by atoms with Gasteiger partial charge in [0.05, 0.1) is 19.3 Å². The fraction of sp³-hybridized carbons (Fsp3) is 0.700. The van der Waals surface area contributed by atoms with Gasteiger partial charge in [0, 0.05) is 18.6 Å². The second-order valence-electron chi connectivity index (χ2n) is 7.15. The van der Waals surface area contributed by atoms with Crippen molar-refractivity contribution < 1.29 is 14.6 Å². The zero-order valence-electron chi connectivity index (χ0n) is 15.6. The van der Waals surface area contributed by atoms with Crippen LogP contribution < -0.4 is 4.74 Å². The van der Waals surface area contributed by atoms with Crippen LogP contribution in [0.1, 0.15) is 44.2 Å². The topological polar surface area (TPSA) is 41.9 Å². The molecule has 1 aliphatic rings. The minimum absolute atomic E-state index is 0.367. The molecule has 0 bridgehead atoms. The zero-order valence-corrected chi connectivity index (χ0v) is 15.6. The van der Waals surface area contributed by atoms with Gasteiger partial charge in [-0.3, -0.25) is 4.90 Å². The van der Waals surface area contributed by atoms with E-state index in [2.05, 4.69) is 38.7 Å². The van der Waals surface area contributed by atoms with Gasteiger partial charge < -0.3 is 14.6 Å². The van der Waals surface area contributed by atoms with E-state index in [0.717, 1.165) is 5.75 Å². The molecule has 0 spiro atoms. The molecule has 24 heavy (non-hydrogen) atoms. The zero-order chi connectivity index (χ0) is 17.5. The molecule has 3 atom stereocenters. The smallest absolute Gasteiger partial charge is 0.119 e. The quantitative estimate of drug-likeness (QED) is 0.740. The molecule has 0 unspecified atom stereocenters. The van der Waals surface area contributed by atoms with Crippen molar-refractivity contribution in [3.8, 4) is 5.75 Å². The fourth-order valence-corrected chi connectivity index (χ4v) is 3.37. The number of aliphatic hydroxyl groups is 1. The van der Waals surface area contributed by atoms with Crippen LogP contribution >= 0.6 is 0 Å². The first-order valence-electron chi connectivity index (χ1n) is 9.19. The largest absolute Gasteiger partial charge is 0.491 e. The molecule has 1 N–H and O–H groups in total. The van der Waals surface area contributed by atoms with Crippen LogP contribution in [0.25, 0.3) is 0 Å². The van der Waals surface area contributed by atoms with Crippen molar-refractivity contribution in [3.05, 3.63) is 29.3 Å². The van der Waals surface area contributed by atoms with Crippen LogP contribution in [0.15, 0.2) is 18.2 Å². The number of ether oxygens (including phenoxy) is 2. The van der Waals surface area contributed by atoms with Gasteiger partial charge in [-0.05, 0) is 63.8 Å². The molecule has 4 nitrogen and oxygen atoms in total. The highest BCUT2D eigenvalue weighted by atomic mass is 16.5. The Balaban J connectivity index is 1.62. The molecular weight excluding hydrogens is 302 g/mol. The maximum Gasteiger partial charge on any atom is 0.119 e. The minimum atomic E-state index is -0.436. The third kappa shape index (κ3) is 5.76. The van der Waals surface area contributed by atoms with E-state index in [1.54, 1.807) is 0 Å². The van der Waals surface area contributed by atoms with E-state index >= 15 is 0 Å². The number of rotatable bonds is 8. The van der Waals surface area contributed by atoms with Gasteiger partial charge in [-0.1, -0.05) is 12.5 Å². The number of β-amino-alcohol motifs (C(OH)–C–C–N with tert-alkyl or cyclic N) is 1. The highest BCUT2D eigenvalue weighted by Crippen LogP contribution is 2.22. The number of benzene rings is 1. The SMILES string of the molecule is Cc1ccc(OCCOC[C@H](O)CN2[C@H](C)CCC[C@@H]2C)cc1C. The summed E-state index contributed by atoms with van der Waals surface area (Å²) in [6, 6.07) is 7.20. The predicted molar refractivity (Wildman–Crippen MR) is 97.7 cm³/mol. The van der Waals surface area contributed by atoms with E-state index in [9.17, 15) is 5.11 Å². The van der Waals surface area contributed by atoms with Gasteiger partial charge in [-0.2, -0.15) is 0 Å². The first-order chi connectivity index (χ1) is 11.5. The third-order valence-corrected chi connectivity index (χ3v) is 5.08. The van der Waals surface area contributed by atoms with Crippen LogP contribution in [0.2, 0.25) is 0 Å². The van der Waals surface area contributed by atoms with Crippen molar-refractivity contribution in [2.45, 2.75) is 65.1 Å². The van der Waals surface area contributed by atoms with Crippen LogP contribution in [-0.2, 0) is 4.74 Å². The average Bonchev–Trinajstić information content (AvgIpc) is 2.54. The number of aryl methyl sites for hydroxylation is 2. The molecule has 1 aliphatic heterocycles.